The molecule has 5 heteroatoms. The Morgan fingerprint density at radius 1 is 1.47 bits per heavy atom. The van der Waals surface area contributed by atoms with E-state index in [0.29, 0.717) is 17.8 Å². The van der Waals surface area contributed by atoms with Crippen molar-refractivity contribution in [2.45, 2.75) is 6.42 Å². The number of para-hydroxylation sites is 1. The molecule has 1 saturated heterocycles. The van der Waals surface area contributed by atoms with Gasteiger partial charge in [0, 0.05) is 13.0 Å². The summed E-state index contributed by atoms with van der Waals surface area (Å²) in [5.41, 5.74) is 0.900. The third-order valence-electron chi connectivity index (χ3n) is 2.65. The van der Waals surface area contributed by atoms with Gasteiger partial charge in [0.15, 0.2) is 0 Å². The van der Waals surface area contributed by atoms with E-state index in [-0.39, 0.29) is 24.2 Å². The van der Waals surface area contributed by atoms with Crippen molar-refractivity contribution in [3.63, 3.8) is 0 Å². The first kappa shape index (κ1) is 11.1. The highest BCUT2D eigenvalue weighted by atomic mass is 16.2. The fourth-order valence-corrected chi connectivity index (χ4v) is 1.71. The summed E-state index contributed by atoms with van der Waals surface area (Å²) in [6.07, 6.45) is 0.209. The molecule has 0 aliphatic carbocycles. The van der Waals surface area contributed by atoms with Crippen LogP contribution in [0, 0.1) is 17.2 Å². The van der Waals surface area contributed by atoms with Crippen LogP contribution in [0.3, 0.4) is 0 Å². The zero-order valence-electron chi connectivity index (χ0n) is 9.06. The van der Waals surface area contributed by atoms with Crippen LogP contribution in [0.4, 0.5) is 5.69 Å². The fourth-order valence-electron chi connectivity index (χ4n) is 1.71. The number of nitrogens with zero attached hydrogens (tertiary/aromatic N) is 1. The van der Waals surface area contributed by atoms with E-state index in [1.165, 1.54) is 0 Å². The number of anilines is 1. The molecule has 17 heavy (non-hydrogen) atoms. The molecule has 0 radical (unpaired) electrons. The molecule has 1 aliphatic rings. The minimum Gasteiger partial charge on any atom is -0.355 e. The standard InChI is InChI=1S/C12H11N3O2/c13-6-8-3-1-2-4-10(8)15-12(17)9-5-11(16)14-7-9/h1-4,9H,5,7H2,(H,14,16)(H,15,17). The molecule has 0 spiro atoms. The third-order valence-corrected chi connectivity index (χ3v) is 2.65. The molecule has 2 rings (SSSR count). The first-order valence-corrected chi connectivity index (χ1v) is 5.27. The highest BCUT2D eigenvalue weighted by Crippen LogP contribution is 2.17. The first-order chi connectivity index (χ1) is 8.20. The van der Waals surface area contributed by atoms with Gasteiger partial charge >= 0.3 is 0 Å². The maximum atomic E-state index is 11.8. The molecule has 86 valence electrons. The minimum absolute atomic E-state index is 0.112. The molecule has 1 aliphatic heterocycles. The van der Waals surface area contributed by atoms with E-state index in [1.807, 2.05) is 6.07 Å². The highest BCUT2D eigenvalue weighted by Gasteiger charge is 2.28. The Morgan fingerprint density at radius 2 is 2.24 bits per heavy atom. The van der Waals surface area contributed by atoms with E-state index >= 15 is 0 Å². The predicted molar refractivity (Wildman–Crippen MR) is 60.9 cm³/mol. The Morgan fingerprint density at radius 3 is 2.88 bits per heavy atom. The van der Waals surface area contributed by atoms with E-state index in [2.05, 4.69) is 10.6 Å². The monoisotopic (exact) mass is 229 g/mol. The zero-order valence-corrected chi connectivity index (χ0v) is 9.06. The van der Waals surface area contributed by atoms with Crippen LogP contribution in [-0.2, 0) is 9.59 Å². The van der Waals surface area contributed by atoms with E-state index in [4.69, 9.17) is 5.26 Å². The van der Waals surface area contributed by atoms with Crippen LogP contribution >= 0.6 is 0 Å². The summed E-state index contributed by atoms with van der Waals surface area (Å²) in [5, 5.41) is 14.1. The second-order valence-corrected chi connectivity index (χ2v) is 3.85. The normalized spacial score (nSPS) is 18.3. The summed E-state index contributed by atoms with van der Waals surface area (Å²) < 4.78 is 0. The van der Waals surface area contributed by atoms with Crippen molar-refractivity contribution in [3.8, 4) is 6.07 Å². The fraction of sp³-hybridized carbons (Fsp3) is 0.250. The SMILES string of the molecule is N#Cc1ccccc1NC(=O)C1CNC(=O)C1. The van der Waals surface area contributed by atoms with Crippen LogP contribution in [0.2, 0.25) is 0 Å². The maximum absolute atomic E-state index is 11.8. The molecule has 0 saturated carbocycles. The average Bonchev–Trinajstić information content (AvgIpc) is 2.77. The topological polar surface area (TPSA) is 82.0 Å². The number of benzene rings is 1. The van der Waals surface area contributed by atoms with Gasteiger partial charge < -0.3 is 10.6 Å². The van der Waals surface area contributed by atoms with Crippen molar-refractivity contribution in [3.05, 3.63) is 29.8 Å². The molecular weight excluding hydrogens is 218 g/mol. The molecule has 1 aromatic rings. The Labute approximate surface area is 98.4 Å². The van der Waals surface area contributed by atoms with Gasteiger partial charge in [-0.05, 0) is 12.1 Å². The molecule has 2 N–H and O–H groups in total. The summed E-state index contributed by atoms with van der Waals surface area (Å²) >= 11 is 0. The molecular formula is C12H11N3O2. The summed E-state index contributed by atoms with van der Waals surface area (Å²) in [4.78, 5) is 22.8. The van der Waals surface area contributed by atoms with Gasteiger partial charge in [-0.15, -0.1) is 0 Å². The second kappa shape index (κ2) is 4.66. The van der Waals surface area contributed by atoms with Crippen LogP contribution < -0.4 is 10.6 Å². The Bertz CT molecular complexity index is 505. The average molecular weight is 229 g/mol. The maximum Gasteiger partial charge on any atom is 0.229 e. The van der Waals surface area contributed by atoms with Crippen LogP contribution in [0.1, 0.15) is 12.0 Å². The molecule has 1 atom stereocenters. The smallest absolute Gasteiger partial charge is 0.229 e. The number of hydrogen-bond acceptors (Lipinski definition) is 3. The summed E-state index contributed by atoms with van der Waals surface area (Å²) in [7, 11) is 0. The van der Waals surface area contributed by atoms with Crippen molar-refractivity contribution >= 4 is 17.5 Å². The minimum atomic E-state index is -0.353. The summed E-state index contributed by atoms with van der Waals surface area (Å²) in [5.74, 6) is -0.695. The van der Waals surface area contributed by atoms with Gasteiger partial charge in [-0.1, -0.05) is 12.1 Å². The Balaban J connectivity index is 2.08. The summed E-state index contributed by atoms with van der Waals surface area (Å²) in [6.45, 7) is 0.361. The third kappa shape index (κ3) is 2.42. The number of carbonyl (C=O) groups excluding carboxylic acids is 2. The molecule has 5 nitrogen and oxygen atoms in total. The van der Waals surface area contributed by atoms with Crippen LogP contribution in [-0.4, -0.2) is 18.4 Å². The largest absolute Gasteiger partial charge is 0.355 e. The summed E-state index contributed by atoms with van der Waals surface area (Å²) in [6, 6.07) is 8.78. The van der Waals surface area contributed by atoms with Crippen molar-refractivity contribution in [1.29, 1.82) is 5.26 Å². The van der Waals surface area contributed by atoms with Crippen LogP contribution in [0.5, 0.6) is 0 Å². The van der Waals surface area contributed by atoms with Crippen molar-refractivity contribution in [2.24, 2.45) is 5.92 Å². The van der Waals surface area contributed by atoms with E-state index in [9.17, 15) is 9.59 Å². The van der Waals surface area contributed by atoms with Gasteiger partial charge in [-0.25, -0.2) is 0 Å². The van der Waals surface area contributed by atoms with E-state index < -0.39 is 0 Å². The molecule has 1 aromatic carbocycles. The number of carbonyl (C=O) groups is 2. The van der Waals surface area contributed by atoms with Gasteiger partial charge in [0.25, 0.3) is 0 Å². The van der Waals surface area contributed by atoms with E-state index in [0.717, 1.165) is 0 Å². The molecule has 2 amide bonds. The molecule has 0 bridgehead atoms. The second-order valence-electron chi connectivity index (χ2n) is 3.85. The lowest BCUT2D eigenvalue weighted by Crippen LogP contribution is -2.25. The van der Waals surface area contributed by atoms with Crippen molar-refractivity contribution in [1.82, 2.24) is 5.32 Å². The van der Waals surface area contributed by atoms with Crippen molar-refractivity contribution in [2.75, 3.05) is 11.9 Å². The Kier molecular flexibility index (Phi) is 3.06. The molecule has 1 unspecified atom stereocenters. The number of hydrogen-bond donors (Lipinski definition) is 2. The lowest BCUT2D eigenvalue weighted by molar-refractivity contribution is -0.123. The number of nitrogens with one attached hydrogen (secondary N) is 2. The number of nitriles is 1. The van der Waals surface area contributed by atoms with Gasteiger partial charge in [0.1, 0.15) is 6.07 Å². The lowest BCUT2D eigenvalue weighted by Gasteiger charge is -2.09. The molecule has 1 heterocycles. The highest BCUT2D eigenvalue weighted by molar-refractivity contribution is 5.97. The van der Waals surface area contributed by atoms with Gasteiger partial charge in [0.2, 0.25) is 11.8 Å². The Hall–Kier alpha value is -2.35. The van der Waals surface area contributed by atoms with Crippen LogP contribution in [0.25, 0.3) is 0 Å². The molecule has 1 fully saturated rings. The number of rotatable bonds is 2. The van der Waals surface area contributed by atoms with Crippen molar-refractivity contribution < 1.29 is 9.59 Å². The van der Waals surface area contributed by atoms with Gasteiger partial charge in [-0.2, -0.15) is 5.26 Å². The van der Waals surface area contributed by atoms with Gasteiger partial charge in [0.05, 0.1) is 17.2 Å². The number of amides is 2. The van der Waals surface area contributed by atoms with E-state index in [1.54, 1.807) is 24.3 Å². The quantitative estimate of drug-likeness (QED) is 0.780. The lowest BCUT2D eigenvalue weighted by atomic mass is 10.1. The molecule has 0 aromatic heterocycles. The van der Waals surface area contributed by atoms with Gasteiger partial charge in [-0.3, -0.25) is 9.59 Å². The van der Waals surface area contributed by atoms with Crippen LogP contribution in [0.15, 0.2) is 24.3 Å². The first-order valence-electron chi connectivity index (χ1n) is 5.27. The zero-order chi connectivity index (χ0) is 12.3. The predicted octanol–water partition coefficient (Wildman–Crippen LogP) is 0.633.